The van der Waals surface area contributed by atoms with Crippen molar-refractivity contribution in [1.82, 2.24) is 0 Å². The number of aliphatic hydroxyl groups excluding tert-OH is 1. The zero-order valence-corrected chi connectivity index (χ0v) is 10.5. The molecule has 1 spiro atoms. The average molecular weight is 238 g/mol. The van der Waals surface area contributed by atoms with Crippen LogP contribution in [0, 0.1) is 29.1 Å². The maximum absolute atomic E-state index is 9.69. The predicted molar refractivity (Wildman–Crippen MR) is 62.3 cm³/mol. The Bertz CT molecular complexity index is 336. The van der Waals surface area contributed by atoms with E-state index in [0.717, 1.165) is 31.5 Å². The first-order valence-electron chi connectivity index (χ1n) is 7.06. The van der Waals surface area contributed by atoms with E-state index in [1.54, 1.807) is 0 Å². The second kappa shape index (κ2) is 3.25. The highest BCUT2D eigenvalue weighted by molar-refractivity contribution is 5.12. The molecule has 1 saturated heterocycles. The highest BCUT2D eigenvalue weighted by Gasteiger charge is 2.68. The minimum Gasteiger partial charge on any atom is -0.396 e. The lowest BCUT2D eigenvalue weighted by molar-refractivity contribution is -0.247. The Morgan fingerprint density at radius 3 is 2.65 bits per heavy atom. The zero-order chi connectivity index (χ0) is 11.7. The molecule has 0 aromatic carbocycles. The third kappa shape index (κ3) is 1.23. The van der Waals surface area contributed by atoms with Gasteiger partial charge >= 0.3 is 0 Å². The van der Waals surface area contributed by atoms with Crippen LogP contribution in [0.5, 0.6) is 0 Å². The monoisotopic (exact) mass is 238 g/mol. The van der Waals surface area contributed by atoms with Gasteiger partial charge in [0.2, 0.25) is 0 Å². The molecule has 4 aliphatic rings. The minimum absolute atomic E-state index is 0.0950. The lowest BCUT2D eigenvalue weighted by atomic mass is 9.59. The van der Waals surface area contributed by atoms with Crippen molar-refractivity contribution in [1.29, 1.82) is 0 Å². The molecule has 0 aromatic heterocycles. The molecular formula is C14H22O3. The van der Waals surface area contributed by atoms with Gasteiger partial charge in [0, 0.05) is 18.4 Å². The smallest absolute Gasteiger partial charge is 0.174 e. The first-order valence-corrected chi connectivity index (χ1v) is 7.06. The topological polar surface area (TPSA) is 38.7 Å². The van der Waals surface area contributed by atoms with E-state index in [9.17, 15) is 5.11 Å². The third-order valence-corrected chi connectivity index (χ3v) is 5.94. The summed E-state index contributed by atoms with van der Waals surface area (Å²) in [4.78, 5) is 0. The summed E-state index contributed by atoms with van der Waals surface area (Å²) in [5.74, 6) is 2.55. The SMILES string of the molecule is CC1(CO)CC2CC3C2CC(C1)C31OCCO1. The summed E-state index contributed by atoms with van der Waals surface area (Å²) < 4.78 is 12.1. The molecule has 17 heavy (non-hydrogen) atoms. The van der Waals surface area contributed by atoms with Crippen LogP contribution in [0.4, 0.5) is 0 Å². The van der Waals surface area contributed by atoms with Gasteiger partial charge in [-0.05, 0) is 42.9 Å². The van der Waals surface area contributed by atoms with Crippen LogP contribution < -0.4 is 0 Å². The van der Waals surface area contributed by atoms with E-state index in [1.165, 1.54) is 19.3 Å². The Morgan fingerprint density at radius 2 is 1.94 bits per heavy atom. The third-order valence-electron chi connectivity index (χ3n) is 5.94. The fraction of sp³-hybridized carbons (Fsp3) is 1.00. The van der Waals surface area contributed by atoms with Crippen molar-refractivity contribution in [2.45, 2.75) is 38.4 Å². The Morgan fingerprint density at radius 1 is 1.18 bits per heavy atom. The van der Waals surface area contributed by atoms with Gasteiger partial charge in [-0.15, -0.1) is 0 Å². The van der Waals surface area contributed by atoms with Gasteiger partial charge in [0.1, 0.15) is 0 Å². The van der Waals surface area contributed by atoms with Crippen LogP contribution >= 0.6 is 0 Å². The Labute approximate surface area is 102 Å². The lowest BCUT2D eigenvalue weighted by Crippen LogP contribution is -2.52. The molecule has 0 aromatic rings. The molecule has 1 N–H and O–H groups in total. The van der Waals surface area contributed by atoms with Crippen molar-refractivity contribution in [2.24, 2.45) is 29.1 Å². The average Bonchev–Trinajstić information content (AvgIpc) is 2.82. The zero-order valence-electron chi connectivity index (χ0n) is 10.5. The molecule has 96 valence electrons. The number of rotatable bonds is 1. The van der Waals surface area contributed by atoms with Crippen LogP contribution in [0.15, 0.2) is 0 Å². The molecule has 1 aliphatic heterocycles. The van der Waals surface area contributed by atoms with Crippen molar-refractivity contribution in [3.63, 3.8) is 0 Å². The molecule has 3 aliphatic carbocycles. The van der Waals surface area contributed by atoms with Gasteiger partial charge in [0.05, 0.1) is 13.2 Å². The van der Waals surface area contributed by atoms with Crippen molar-refractivity contribution < 1.29 is 14.6 Å². The predicted octanol–water partition coefficient (Wildman–Crippen LogP) is 1.79. The van der Waals surface area contributed by atoms with Gasteiger partial charge in [-0.3, -0.25) is 0 Å². The summed E-state index contributed by atoms with van der Waals surface area (Å²) in [6, 6.07) is 0. The number of fused-ring (bicyclic) bond motifs is 3. The van der Waals surface area contributed by atoms with Gasteiger partial charge in [-0.25, -0.2) is 0 Å². The normalized spacial score (nSPS) is 54.7. The van der Waals surface area contributed by atoms with Crippen molar-refractivity contribution >= 4 is 0 Å². The molecule has 5 unspecified atom stereocenters. The van der Waals surface area contributed by atoms with Gasteiger partial charge in [0.25, 0.3) is 0 Å². The van der Waals surface area contributed by atoms with Gasteiger partial charge in [-0.1, -0.05) is 6.92 Å². The van der Waals surface area contributed by atoms with Crippen LogP contribution in [-0.2, 0) is 9.47 Å². The van der Waals surface area contributed by atoms with Crippen molar-refractivity contribution in [3.05, 3.63) is 0 Å². The summed E-state index contributed by atoms with van der Waals surface area (Å²) in [5.41, 5.74) is 0.0950. The van der Waals surface area contributed by atoms with Crippen LogP contribution in [0.1, 0.15) is 32.6 Å². The number of ether oxygens (including phenoxy) is 2. The molecule has 3 nitrogen and oxygen atoms in total. The molecule has 5 atom stereocenters. The quantitative estimate of drug-likeness (QED) is 0.757. The first-order chi connectivity index (χ1) is 8.17. The highest BCUT2D eigenvalue weighted by Crippen LogP contribution is 2.67. The molecule has 3 saturated carbocycles. The van der Waals surface area contributed by atoms with E-state index in [1.807, 2.05) is 0 Å². The maximum atomic E-state index is 9.69. The Kier molecular flexibility index (Phi) is 2.06. The molecular weight excluding hydrogens is 216 g/mol. The number of hydrogen-bond acceptors (Lipinski definition) is 3. The number of hydrogen-bond donors (Lipinski definition) is 1. The van der Waals surface area contributed by atoms with E-state index in [-0.39, 0.29) is 11.2 Å². The molecule has 0 amide bonds. The van der Waals surface area contributed by atoms with Crippen LogP contribution in [0.3, 0.4) is 0 Å². The van der Waals surface area contributed by atoms with E-state index in [0.29, 0.717) is 18.4 Å². The summed E-state index contributed by atoms with van der Waals surface area (Å²) in [6.45, 7) is 4.08. The summed E-state index contributed by atoms with van der Waals surface area (Å²) >= 11 is 0. The lowest BCUT2D eigenvalue weighted by Gasteiger charge is -2.51. The van der Waals surface area contributed by atoms with Gasteiger partial charge in [0.15, 0.2) is 5.79 Å². The Hall–Kier alpha value is -0.120. The first kappa shape index (κ1) is 10.8. The fourth-order valence-corrected chi connectivity index (χ4v) is 5.22. The number of aliphatic hydroxyl groups is 1. The summed E-state index contributed by atoms with van der Waals surface area (Å²) in [6.07, 6.45) is 4.81. The molecule has 2 bridgehead atoms. The van der Waals surface area contributed by atoms with E-state index in [4.69, 9.17) is 9.47 Å². The van der Waals surface area contributed by atoms with Gasteiger partial charge < -0.3 is 14.6 Å². The molecule has 4 rings (SSSR count). The summed E-state index contributed by atoms with van der Waals surface area (Å²) in [5, 5.41) is 9.69. The molecule has 4 fully saturated rings. The van der Waals surface area contributed by atoms with E-state index >= 15 is 0 Å². The van der Waals surface area contributed by atoms with Crippen molar-refractivity contribution in [2.75, 3.05) is 19.8 Å². The highest BCUT2D eigenvalue weighted by atomic mass is 16.7. The second-order valence-electron chi connectivity index (χ2n) is 6.99. The Balaban J connectivity index is 1.70. The van der Waals surface area contributed by atoms with Crippen LogP contribution in [0.2, 0.25) is 0 Å². The minimum atomic E-state index is -0.252. The van der Waals surface area contributed by atoms with Crippen LogP contribution in [0.25, 0.3) is 0 Å². The standard InChI is InChI=1S/C14H22O3/c1-13(8-15)6-9-4-12-11(9)5-10(7-13)14(12)16-2-3-17-14/h9-12,15H,2-8H2,1H3. The van der Waals surface area contributed by atoms with Crippen molar-refractivity contribution in [3.8, 4) is 0 Å². The largest absolute Gasteiger partial charge is 0.396 e. The molecule has 1 heterocycles. The van der Waals surface area contributed by atoms with Gasteiger partial charge in [-0.2, -0.15) is 0 Å². The fourth-order valence-electron chi connectivity index (χ4n) is 5.22. The second-order valence-corrected chi connectivity index (χ2v) is 6.99. The maximum Gasteiger partial charge on any atom is 0.174 e. The van der Waals surface area contributed by atoms with E-state index < -0.39 is 0 Å². The molecule has 0 radical (unpaired) electrons. The van der Waals surface area contributed by atoms with E-state index in [2.05, 4.69) is 6.92 Å². The van der Waals surface area contributed by atoms with Crippen LogP contribution in [-0.4, -0.2) is 30.7 Å². The summed E-state index contributed by atoms with van der Waals surface area (Å²) in [7, 11) is 0. The molecule has 3 heteroatoms.